The van der Waals surface area contributed by atoms with Crippen LogP contribution in [0.3, 0.4) is 0 Å². The van der Waals surface area contributed by atoms with Gasteiger partial charge in [-0.05, 0) is 69.7 Å². The van der Waals surface area contributed by atoms with Crippen LogP contribution in [0.25, 0.3) is 0 Å². The first kappa shape index (κ1) is 14.4. The van der Waals surface area contributed by atoms with E-state index in [9.17, 15) is 4.79 Å². The number of nitrogens with one attached hydrogen (secondary N) is 1. The fraction of sp³-hybridized carbons (Fsp3) is 0.941. The third-order valence-electron chi connectivity index (χ3n) is 5.85. The minimum Gasteiger partial charge on any atom is -0.466 e. The molecule has 0 spiro atoms. The van der Waals surface area contributed by atoms with Crippen molar-refractivity contribution in [2.45, 2.75) is 64.3 Å². The predicted octanol–water partition coefficient (Wildman–Crippen LogP) is 3.13. The third kappa shape index (κ3) is 3.19. The van der Waals surface area contributed by atoms with Crippen LogP contribution in [0.4, 0.5) is 0 Å². The summed E-state index contributed by atoms with van der Waals surface area (Å²) >= 11 is 0. The molecule has 5 unspecified atom stereocenters. The zero-order valence-electron chi connectivity index (χ0n) is 12.8. The Labute approximate surface area is 122 Å². The summed E-state index contributed by atoms with van der Waals surface area (Å²) in [5.74, 6) is 3.11. The Bertz CT molecular complexity index is 344. The molecule has 3 aliphatic rings. The molecule has 0 radical (unpaired) electrons. The molecule has 3 nitrogen and oxygen atoms in total. The summed E-state index contributed by atoms with van der Waals surface area (Å²) in [6.45, 7) is 3.59. The van der Waals surface area contributed by atoms with Crippen molar-refractivity contribution >= 4 is 5.97 Å². The standard InChI is InChI=1S/C17H29NO2/c1-2-20-17(19)14-4-3-5-16(10-14)18-11-15-9-12-6-7-13(15)8-12/h12-16,18H,2-11H2,1H3. The largest absolute Gasteiger partial charge is 0.466 e. The summed E-state index contributed by atoms with van der Waals surface area (Å²) in [6.07, 6.45) is 10.3. The van der Waals surface area contributed by atoms with Crippen LogP contribution in [-0.2, 0) is 9.53 Å². The lowest BCUT2D eigenvalue weighted by Crippen LogP contribution is -2.40. The number of hydrogen-bond donors (Lipinski definition) is 1. The zero-order valence-corrected chi connectivity index (χ0v) is 12.8. The van der Waals surface area contributed by atoms with Crippen molar-refractivity contribution < 1.29 is 9.53 Å². The molecule has 1 N–H and O–H groups in total. The fourth-order valence-corrected chi connectivity index (χ4v) is 4.79. The van der Waals surface area contributed by atoms with Gasteiger partial charge in [0.25, 0.3) is 0 Å². The summed E-state index contributed by atoms with van der Waals surface area (Å²) < 4.78 is 5.18. The van der Waals surface area contributed by atoms with E-state index in [1.165, 1.54) is 38.6 Å². The van der Waals surface area contributed by atoms with Gasteiger partial charge < -0.3 is 10.1 Å². The lowest BCUT2D eigenvalue weighted by Gasteiger charge is -2.31. The SMILES string of the molecule is CCOC(=O)C1CCCC(NCC2CC3CCC2C3)C1. The molecular formula is C17H29NO2. The maximum absolute atomic E-state index is 11.9. The van der Waals surface area contributed by atoms with E-state index in [-0.39, 0.29) is 11.9 Å². The molecule has 3 fully saturated rings. The number of esters is 1. The van der Waals surface area contributed by atoms with E-state index in [0.29, 0.717) is 12.6 Å². The maximum Gasteiger partial charge on any atom is 0.308 e. The van der Waals surface area contributed by atoms with E-state index in [2.05, 4.69) is 5.32 Å². The molecule has 0 aliphatic heterocycles. The lowest BCUT2D eigenvalue weighted by atomic mass is 9.84. The molecule has 3 saturated carbocycles. The van der Waals surface area contributed by atoms with Crippen LogP contribution in [0, 0.1) is 23.7 Å². The van der Waals surface area contributed by atoms with Gasteiger partial charge in [-0.25, -0.2) is 0 Å². The van der Waals surface area contributed by atoms with Gasteiger partial charge in [0.1, 0.15) is 0 Å². The highest BCUT2D eigenvalue weighted by Gasteiger charge is 2.39. The second-order valence-corrected chi connectivity index (χ2v) is 7.16. The highest BCUT2D eigenvalue weighted by atomic mass is 16.5. The van der Waals surface area contributed by atoms with E-state index < -0.39 is 0 Å². The average Bonchev–Trinajstić information content (AvgIpc) is 3.08. The Morgan fingerprint density at radius 3 is 2.75 bits per heavy atom. The number of rotatable bonds is 5. The normalized spacial score (nSPS) is 40.0. The Kier molecular flexibility index (Phi) is 4.65. The Hall–Kier alpha value is -0.570. The van der Waals surface area contributed by atoms with Gasteiger partial charge in [-0.1, -0.05) is 12.8 Å². The van der Waals surface area contributed by atoms with Crippen molar-refractivity contribution in [2.75, 3.05) is 13.2 Å². The number of fused-ring (bicyclic) bond motifs is 2. The highest BCUT2D eigenvalue weighted by Crippen LogP contribution is 2.48. The molecule has 3 rings (SSSR count). The van der Waals surface area contributed by atoms with Crippen LogP contribution >= 0.6 is 0 Å². The van der Waals surface area contributed by atoms with Crippen molar-refractivity contribution in [1.29, 1.82) is 0 Å². The first-order valence-corrected chi connectivity index (χ1v) is 8.66. The van der Waals surface area contributed by atoms with Gasteiger partial charge >= 0.3 is 5.97 Å². The molecular weight excluding hydrogens is 250 g/mol. The summed E-state index contributed by atoms with van der Waals surface area (Å²) in [5.41, 5.74) is 0. The number of hydrogen-bond acceptors (Lipinski definition) is 3. The number of carbonyl (C=O) groups is 1. The Balaban J connectivity index is 1.42. The topological polar surface area (TPSA) is 38.3 Å². The minimum atomic E-state index is 0.0268. The second-order valence-electron chi connectivity index (χ2n) is 7.16. The Morgan fingerprint density at radius 2 is 2.05 bits per heavy atom. The molecule has 3 aliphatic carbocycles. The van der Waals surface area contributed by atoms with Crippen molar-refractivity contribution in [3.63, 3.8) is 0 Å². The van der Waals surface area contributed by atoms with Crippen molar-refractivity contribution in [2.24, 2.45) is 23.7 Å². The maximum atomic E-state index is 11.9. The van der Waals surface area contributed by atoms with Crippen LogP contribution < -0.4 is 5.32 Å². The van der Waals surface area contributed by atoms with Crippen LogP contribution in [0.5, 0.6) is 0 Å². The first-order chi connectivity index (χ1) is 9.76. The van der Waals surface area contributed by atoms with Crippen LogP contribution in [-0.4, -0.2) is 25.2 Å². The molecule has 2 bridgehead atoms. The van der Waals surface area contributed by atoms with E-state index in [0.717, 1.165) is 37.0 Å². The fourth-order valence-electron chi connectivity index (χ4n) is 4.79. The summed E-state index contributed by atoms with van der Waals surface area (Å²) in [7, 11) is 0. The van der Waals surface area contributed by atoms with Crippen molar-refractivity contribution in [3.05, 3.63) is 0 Å². The monoisotopic (exact) mass is 279 g/mol. The van der Waals surface area contributed by atoms with Crippen LogP contribution in [0.1, 0.15) is 58.3 Å². The molecule has 3 heteroatoms. The van der Waals surface area contributed by atoms with Gasteiger partial charge in [-0.3, -0.25) is 4.79 Å². The number of carbonyl (C=O) groups excluding carboxylic acids is 1. The van der Waals surface area contributed by atoms with Gasteiger partial charge in [0.2, 0.25) is 0 Å². The predicted molar refractivity (Wildman–Crippen MR) is 79.3 cm³/mol. The van der Waals surface area contributed by atoms with Crippen LogP contribution in [0.2, 0.25) is 0 Å². The van der Waals surface area contributed by atoms with Crippen LogP contribution in [0.15, 0.2) is 0 Å². The van der Waals surface area contributed by atoms with E-state index in [1.807, 2.05) is 6.92 Å². The highest BCUT2D eigenvalue weighted by molar-refractivity contribution is 5.72. The first-order valence-electron chi connectivity index (χ1n) is 8.66. The molecule has 0 saturated heterocycles. The number of ether oxygens (including phenoxy) is 1. The lowest BCUT2D eigenvalue weighted by molar-refractivity contribution is -0.149. The molecule has 5 atom stereocenters. The minimum absolute atomic E-state index is 0.0268. The summed E-state index contributed by atoms with van der Waals surface area (Å²) in [5, 5.41) is 3.77. The molecule has 0 aromatic heterocycles. The van der Waals surface area contributed by atoms with E-state index in [4.69, 9.17) is 4.74 Å². The summed E-state index contributed by atoms with van der Waals surface area (Å²) in [4.78, 5) is 11.9. The zero-order chi connectivity index (χ0) is 13.9. The van der Waals surface area contributed by atoms with Crippen molar-refractivity contribution in [1.82, 2.24) is 5.32 Å². The average molecular weight is 279 g/mol. The second kappa shape index (κ2) is 6.46. The van der Waals surface area contributed by atoms with E-state index in [1.54, 1.807) is 0 Å². The van der Waals surface area contributed by atoms with Gasteiger partial charge in [0, 0.05) is 6.04 Å². The van der Waals surface area contributed by atoms with Gasteiger partial charge in [-0.2, -0.15) is 0 Å². The molecule has 0 amide bonds. The molecule has 114 valence electrons. The molecule has 0 heterocycles. The van der Waals surface area contributed by atoms with Gasteiger partial charge in [0.05, 0.1) is 12.5 Å². The third-order valence-corrected chi connectivity index (χ3v) is 5.85. The van der Waals surface area contributed by atoms with Gasteiger partial charge in [0.15, 0.2) is 0 Å². The molecule has 20 heavy (non-hydrogen) atoms. The van der Waals surface area contributed by atoms with Crippen molar-refractivity contribution in [3.8, 4) is 0 Å². The quantitative estimate of drug-likeness (QED) is 0.786. The van der Waals surface area contributed by atoms with Gasteiger partial charge in [-0.15, -0.1) is 0 Å². The molecule has 0 aromatic rings. The smallest absolute Gasteiger partial charge is 0.308 e. The Morgan fingerprint density at radius 1 is 1.15 bits per heavy atom. The molecule has 0 aromatic carbocycles. The van der Waals surface area contributed by atoms with E-state index >= 15 is 0 Å². The summed E-state index contributed by atoms with van der Waals surface area (Å²) in [6, 6.07) is 0.539.